The summed E-state index contributed by atoms with van der Waals surface area (Å²) < 4.78 is 17.1. The molecule has 16 heavy (non-hydrogen) atoms. The maximum Gasteiger partial charge on any atom is 0.192 e. The van der Waals surface area contributed by atoms with Crippen molar-refractivity contribution < 1.29 is 13.9 Å². The van der Waals surface area contributed by atoms with Crippen molar-refractivity contribution in [2.24, 2.45) is 0 Å². The maximum absolute atomic E-state index is 6.19. The highest BCUT2D eigenvalue weighted by atomic mass is 28.4. The average molecular weight is 244 g/mol. The van der Waals surface area contributed by atoms with E-state index in [9.17, 15) is 0 Å². The first-order chi connectivity index (χ1) is 7.26. The summed E-state index contributed by atoms with van der Waals surface area (Å²) in [7, 11) is -1.71. The molecule has 0 spiro atoms. The van der Waals surface area contributed by atoms with Crippen LogP contribution in [0.4, 0.5) is 0 Å². The third-order valence-electron chi connectivity index (χ3n) is 3.35. The Kier molecular flexibility index (Phi) is 4.34. The third-order valence-corrected chi connectivity index (χ3v) is 7.89. The fourth-order valence-corrected chi connectivity index (χ4v) is 2.62. The van der Waals surface area contributed by atoms with Gasteiger partial charge < -0.3 is 13.9 Å². The Morgan fingerprint density at radius 1 is 1.25 bits per heavy atom. The van der Waals surface area contributed by atoms with Crippen LogP contribution < -0.4 is 0 Å². The molecule has 1 aliphatic heterocycles. The van der Waals surface area contributed by atoms with Gasteiger partial charge in [-0.05, 0) is 24.2 Å². The van der Waals surface area contributed by atoms with Gasteiger partial charge in [-0.3, -0.25) is 0 Å². The van der Waals surface area contributed by atoms with Crippen LogP contribution in [-0.2, 0) is 13.9 Å². The average Bonchev–Trinajstić information content (AvgIpc) is 2.16. The minimum absolute atomic E-state index is 0.0668. The lowest BCUT2D eigenvalue weighted by atomic mass is 10.2. The molecule has 94 valence electrons. The van der Waals surface area contributed by atoms with E-state index in [0.717, 1.165) is 0 Å². The van der Waals surface area contributed by atoms with Crippen molar-refractivity contribution in [2.45, 2.75) is 51.3 Å². The molecular formula is C12H24O3Si. The summed E-state index contributed by atoms with van der Waals surface area (Å²) in [6.45, 7) is 16.0. The summed E-state index contributed by atoms with van der Waals surface area (Å²) in [6, 6.07) is 0. The van der Waals surface area contributed by atoms with Crippen LogP contribution in [0.3, 0.4) is 0 Å². The number of hydrogen-bond acceptors (Lipinski definition) is 3. The zero-order valence-electron chi connectivity index (χ0n) is 11.1. The Balaban J connectivity index is 2.47. The first-order valence-electron chi connectivity index (χ1n) is 5.80. The number of hydrogen-bond donors (Lipinski definition) is 0. The summed E-state index contributed by atoms with van der Waals surface area (Å²) in [4.78, 5) is 0. The van der Waals surface area contributed by atoms with Crippen LogP contribution in [0.25, 0.3) is 0 Å². The number of ether oxygens (including phenoxy) is 2. The van der Waals surface area contributed by atoms with Gasteiger partial charge in [-0.15, -0.1) is 0 Å². The van der Waals surface area contributed by atoms with E-state index < -0.39 is 8.32 Å². The molecule has 1 rings (SSSR count). The molecule has 1 aliphatic rings. The SMILES string of the molecule is C=CC1OCC(O[Si](C)(C)C(C)(C)C)CO1. The van der Waals surface area contributed by atoms with Crippen LogP contribution in [-0.4, -0.2) is 33.9 Å². The molecule has 0 aromatic heterocycles. The molecule has 0 aliphatic carbocycles. The predicted molar refractivity (Wildman–Crippen MR) is 68.0 cm³/mol. The molecule has 0 atom stereocenters. The molecule has 0 N–H and O–H groups in total. The highest BCUT2D eigenvalue weighted by Crippen LogP contribution is 2.37. The van der Waals surface area contributed by atoms with Gasteiger partial charge in [0.05, 0.1) is 19.3 Å². The van der Waals surface area contributed by atoms with Crippen molar-refractivity contribution in [2.75, 3.05) is 13.2 Å². The van der Waals surface area contributed by atoms with Crippen molar-refractivity contribution in [3.05, 3.63) is 12.7 Å². The first kappa shape index (κ1) is 13.9. The van der Waals surface area contributed by atoms with E-state index in [1.54, 1.807) is 6.08 Å². The van der Waals surface area contributed by atoms with Gasteiger partial charge in [-0.1, -0.05) is 27.4 Å². The Labute approximate surface area is 99.9 Å². The lowest BCUT2D eigenvalue weighted by Crippen LogP contribution is -2.48. The molecule has 1 saturated heterocycles. The summed E-state index contributed by atoms with van der Waals surface area (Å²) in [5, 5.41) is 0.224. The predicted octanol–water partition coefficient (Wildman–Crippen LogP) is 2.94. The topological polar surface area (TPSA) is 27.7 Å². The van der Waals surface area contributed by atoms with Gasteiger partial charge in [0.1, 0.15) is 0 Å². The van der Waals surface area contributed by atoms with Crippen LogP contribution in [0, 0.1) is 0 Å². The summed E-state index contributed by atoms with van der Waals surface area (Å²) in [5.41, 5.74) is 0. The molecule has 0 radical (unpaired) electrons. The van der Waals surface area contributed by atoms with Crippen molar-refractivity contribution in [3.63, 3.8) is 0 Å². The lowest BCUT2D eigenvalue weighted by molar-refractivity contribution is -0.189. The monoisotopic (exact) mass is 244 g/mol. The zero-order valence-corrected chi connectivity index (χ0v) is 12.1. The van der Waals surface area contributed by atoms with Gasteiger partial charge >= 0.3 is 0 Å². The molecule has 0 saturated carbocycles. The second-order valence-corrected chi connectivity index (χ2v) is 10.5. The van der Waals surface area contributed by atoms with Gasteiger partial charge in [0.25, 0.3) is 0 Å². The smallest absolute Gasteiger partial charge is 0.192 e. The quantitative estimate of drug-likeness (QED) is 0.564. The third kappa shape index (κ3) is 3.42. The number of rotatable bonds is 3. The Morgan fingerprint density at radius 3 is 2.12 bits per heavy atom. The lowest BCUT2D eigenvalue weighted by Gasteiger charge is -2.40. The molecule has 3 nitrogen and oxygen atoms in total. The molecule has 1 fully saturated rings. The van der Waals surface area contributed by atoms with Crippen molar-refractivity contribution >= 4 is 8.32 Å². The zero-order chi connectivity index (χ0) is 12.4. The fourth-order valence-electron chi connectivity index (χ4n) is 1.30. The maximum atomic E-state index is 6.19. The molecule has 1 heterocycles. The first-order valence-corrected chi connectivity index (χ1v) is 8.70. The normalized spacial score (nSPS) is 27.8. The van der Waals surface area contributed by atoms with Gasteiger partial charge in [0.2, 0.25) is 0 Å². The van der Waals surface area contributed by atoms with E-state index >= 15 is 0 Å². The Hall–Kier alpha value is -0.163. The highest BCUT2D eigenvalue weighted by molar-refractivity contribution is 6.74. The van der Waals surface area contributed by atoms with Crippen LogP contribution in [0.2, 0.25) is 18.1 Å². The van der Waals surface area contributed by atoms with Crippen LogP contribution in [0.15, 0.2) is 12.7 Å². The Morgan fingerprint density at radius 2 is 1.75 bits per heavy atom. The standard InChI is InChI=1S/C12H24O3Si/c1-7-11-13-8-10(9-14-11)15-16(5,6)12(2,3)4/h7,10-11H,1,8-9H2,2-6H3. The van der Waals surface area contributed by atoms with Crippen molar-refractivity contribution in [1.82, 2.24) is 0 Å². The largest absolute Gasteiger partial charge is 0.409 e. The van der Waals surface area contributed by atoms with E-state index in [-0.39, 0.29) is 17.4 Å². The van der Waals surface area contributed by atoms with Crippen molar-refractivity contribution in [1.29, 1.82) is 0 Å². The van der Waals surface area contributed by atoms with E-state index in [1.165, 1.54) is 0 Å². The molecule has 0 aromatic rings. The van der Waals surface area contributed by atoms with E-state index in [2.05, 4.69) is 40.4 Å². The molecule has 0 unspecified atom stereocenters. The summed E-state index contributed by atoms with van der Waals surface area (Å²) >= 11 is 0. The molecule has 4 heteroatoms. The molecule has 0 aromatic carbocycles. The van der Waals surface area contributed by atoms with E-state index in [0.29, 0.717) is 13.2 Å². The van der Waals surface area contributed by atoms with E-state index in [1.807, 2.05) is 0 Å². The Bertz CT molecular complexity index is 237. The van der Waals surface area contributed by atoms with Crippen LogP contribution in [0.5, 0.6) is 0 Å². The molecule has 0 amide bonds. The molecular weight excluding hydrogens is 220 g/mol. The van der Waals surface area contributed by atoms with Gasteiger partial charge in [0.15, 0.2) is 14.6 Å². The minimum atomic E-state index is -1.71. The second-order valence-electron chi connectivity index (χ2n) is 5.77. The van der Waals surface area contributed by atoms with E-state index in [4.69, 9.17) is 13.9 Å². The van der Waals surface area contributed by atoms with Crippen LogP contribution >= 0.6 is 0 Å². The highest BCUT2D eigenvalue weighted by Gasteiger charge is 2.40. The van der Waals surface area contributed by atoms with Gasteiger partial charge in [-0.25, -0.2) is 0 Å². The van der Waals surface area contributed by atoms with Gasteiger partial charge in [0, 0.05) is 0 Å². The van der Waals surface area contributed by atoms with Crippen molar-refractivity contribution in [3.8, 4) is 0 Å². The summed E-state index contributed by atoms with van der Waals surface area (Å²) in [6.07, 6.45) is 1.47. The fraction of sp³-hybridized carbons (Fsp3) is 0.833. The van der Waals surface area contributed by atoms with Crippen LogP contribution in [0.1, 0.15) is 20.8 Å². The van der Waals surface area contributed by atoms with Gasteiger partial charge in [-0.2, -0.15) is 0 Å². The summed E-state index contributed by atoms with van der Waals surface area (Å²) in [5.74, 6) is 0. The minimum Gasteiger partial charge on any atom is -0.409 e. The second kappa shape index (κ2) is 5.00. The molecule has 0 bridgehead atoms.